The number of nitrogens with two attached hydrogens (primary N) is 1. The number of fused-ring (bicyclic) bond motifs is 1. The molecule has 0 aromatic rings. The molecule has 0 amide bonds. The van der Waals surface area contributed by atoms with Gasteiger partial charge in [-0.25, -0.2) is 0 Å². The molecule has 4 atom stereocenters. The second kappa shape index (κ2) is 2.71. The average molecular weight is 159 g/mol. The summed E-state index contributed by atoms with van der Waals surface area (Å²) < 4.78 is 16.0. The summed E-state index contributed by atoms with van der Waals surface area (Å²) >= 11 is 0. The largest absolute Gasteiger partial charge is 0.376 e. The highest BCUT2D eigenvalue weighted by molar-refractivity contribution is 4.96. The molecule has 2 aliphatic rings. The van der Waals surface area contributed by atoms with Crippen molar-refractivity contribution in [2.75, 3.05) is 20.3 Å². The molecule has 0 aromatic heterocycles. The molecule has 2 saturated heterocycles. The topological polar surface area (TPSA) is 53.7 Å². The average Bonchev–Trinajstić information content (AvgIpc) is 2.53. The Morgan fingerprint density at radius 2 is 2.00 bits per heavy atom. The molecule has 0 saturated carbocycles. The van der Waals surface area contributed by atoms with Crippen molar-refractivity contribution in [2.24, 2.45) is 5.73 Å². The van der Waals surface area contributed by atoms with Crippen molar-refractivity contribution in [1.82, 2.24) is 0 Å². The monoisotopic (exact) mass is 159 g/mol. The fourth-order valence-corrected chi connectivity index (χ4v) is 1.70. The van der Waals surface area contributed by atoms with Gasteiger partial charge in [0.2, 0.25) is 0 Å². The smallest absolute Gasteiger partial charge is 0.114 e. The third kappa shape index (κ3) is 1.06. The Hall–Kier alpha value is -0.160. The van der Waals surface area contributed by atoms with E-state index in [4.69, 9.17) is 19.9 Å². The first-order valence-corrected chi connectivity index (χ1v) is 3.84. The van der Waals surface area contributed by atoms with E-state index in [-0.39, 0.29) is 24.4 Å². The summed E-state index contributed by atoms with van der Waals surface area (Å²) in [6.07, 6.45) is 0.198. The molecular weight excluding hydrogens is 146 g/mol. The van der Waals surface area contributed by atoms with Crippen molar-refractivity contribution in [2.45, 2.75) is 24.4 Å². The molecule has 11 heavy (non-hydrogen) atoms. The van der Waals surface area contributed by atoms with Crippen LogP contribution in [0.25, 0.3) is 0 Å². The first kappa shape index (κ1) is 7.49. The predicted octanol–water partition coefficient (Wildman–Crippen LogP) is -0.874. The lowest BCUT2D eigenvalue weighted by molar-refractivity contribution is -0.00777. The minimum Gasteiger partial charge on any atom is -0.376 e. The summed E-state index contributed by atoms with van der Waals surface area (Å²) in [5.74, 6) is 0. The predicted molar refractivity (Wildman–Crippen MR) is 38.3 cm³/mol. The van der Waals surface area contributed by atoms with E-state index in [1.165, 1.54) is 0 Å². The lowest BCUT2D eigenvalue weighted by Crippen LogP contribution is -2.36. The highest BCUT2D eigenvalue weighted by Gasteiger charge is 2.46. The number of methoxy groups -OCH3 is 1. The zero-order valence-electron chi connectivity index (χ0n) is 6.53. The first-order valence-electron chi connectivity index (χ1n) is 3.84. The van der Waals surface area contributed by atoms with Crippen molar-refractivity contribution >= 4 is 0 Å². The van der Waals surface area contributed by atoms with E-state index >= 15 is 0 Å². The molecule has 4 nitrogen and oxygen atoms in total. The number of ether oxygens (including phenoxy) is 3. The normalized spacial score (nSPS) is 49.6. The second-order valence-corrected chi connectivity index (χ2v) is 3.03. The van der Waals surface area contributed by atoms with E-state index in [2.05, 4.69) is 0 Å². The Labute approximate surface area is 65.6 Å². The van der Waals surface area contributed by atoms with Crippen molar-refractivity contribution in [3.63, 3.8) is 0 Å². The Bertz CT molecular complexity index is 153. The third-order valence-electron chi connectivity index (χ3n) is 2.35. The minimum absolute atomic E-state index is 0.0279. The maximum absolute atomic E-state index is 5.73. The molecular formula is C7H13NO3. The molecule has 2 heterocycles. The standard InChI is InChI=1S/C7H13NO3/c1-9-5-3-11-6-4(8)2-10-7(5)6/h4-7H,2-3,8H2,1H3/t4?,5?,6-,7-/m1/s1. The van der Waals surface area contributed by atoms with Crippen molar-refractivity contribution in [3.05, 3.63) is 0 Å². The van der Waals surface area contributed by atoms with Crippen molar-refractivity contribution in [3.8, 4) is 0 Å². The van der Waals surface area contributed by atoms with Gasteiger partial charge in [0.05, 0.1) is 19.3 Å². The summed E-state index contributed by atoms with van der Waals surface area (Å²) in [5.41, 5.74) is 5.73. The highest BCUT2D eigenvalue weighted by atomic mass is 16.6. The molecule has 0 spiro atoms. The molecule has 0 radical (unpaired) electrons. The van der Waals surface area contributed by atoms with Crippen LogP contribution in [-0.4, -0.2) is 44.7 Å². The van der Waals surface area contributed by atoms with Gasteiger partial charge in [0.25, 0.3) is 0 Å². The van der Waals surface area contributed by atoms with E-state index in [0.29, 0.717) is 13.2 Å². The van der Waals surface area contributed by atoms with Crippen LogP contribution < -0.4 is 5.73 Å². The van der Waals surface area contributed by atoms with Gasteiger partial charge in [-0.3, -0.25) is 0 Å². The Kier molecular flexibility index (Phi) is 1.85. The van der Waals surface area contributed by atoms with Gasteiger partial charge in [0, 0.05) is 7.11 Å². The van der Waals surface area contributed by atoms with E-state index in [9.17, 15) is 0 Å². The number of rotatable bonds is 1. The maximum atomic E-state index is 5.73. The molecule has 0 aromatic carbocycles. The Morgan fingerprint density at radius 3 is 2.73 bits per heavy atom. The highest BCUT2D eigenvalue weighted by Crippen LogP contribution is 2.27. The number of hydrogen-bond donors (Lipinski definition) is 1. The molecule has 2 unspecified atom stereocenters. The van der Waals surface area contributed by atoms with Crippen LogP contribution in [0.15, 0.2) is 0 Å². The molecule has 0 aliphatic carbocycles. The van der Waals surface area contributed by atoms with Gasteiger partial charge in [-0.1, -0.05) is 0 Å². The quantitative estimate of drug-likeness (QED) is 0.540. The van der Waals surface area contributed by atoms with Crippen LogP contribution in [0.5, 0.6) is 0 Å². The first-order chi connectivity index (χ1) is 5.33. The summed E-state index contributed by atoms with van der Waals surface area (Å²) in [7, 11) is 1.67. The van der Waals surface area contributed by atoms with Crippen LogP contribution in [0.3, 0.4) is 0 Å². The van der Waals surface area contributed by atoms with E-state index in [1.54, 1.807) is 7.11 Å². The minimum atomic E-state index is 0.0279. The molecule has 0 bridgehead atoms. The van der Waals surface area contributed by atoms with Gasteiger partial charge in [-0.15, -0.1) is 0 Å². The van der Waals surface area contributed by atoms with E-state index in [0.717, 1.165) is 0 Å². The SMILES string of the molecule is COC1CO[C@@H]2C(N)CO[C@H]12. The summed E-state index contributed by atoms with van der Waals surface area (Å²) in [5, 5.41) is 0. The summed E-state index contributed by atoms with van der Waals surface area (Å²) in [6.45, 7) is 1.20. The second-order valence-electron chi connectivity index (χ2n) is 3.03. The lowest BCUT2D eigenvalue weighted by Gasteiger charge is -2.13. The van der Waals surface area contributed by atoms with Gasteiger partial charge in [-0.05, 0) is 0 Å². The zero-order valence-corrected chi connectivity index (χ0v) is 6.53. The molecule has 4 heteroatoms. The van der Waals surface area contributed by atoms with Crippen LogP contribution in [0.2, 0.25) is 0 Å². The van der Waals surface area contributed by atoms with E-state index < -0.39 is 0 Å². The summed E-state index contributed by atoms with van der Waals surface area (Å²) in [4.78, 5) is 0. The van der Waals surface area contributed by atoms with Crippen LogP contribution >= 0.6 is 0 Å². The van der Waals surface area contributed by atoms with Crippen LogP contribution in [0, 0.1) is 0 Å². The Morgan fingerprint density at radius 1 is 1.27 bits per heavy atom. The van der Waals surface area contributed by atoms with Crippen molar-refractivity contribution in [1.29, 1.82) is 0 Å². The molecule has 64 valence electrons. The van der Waals surface area contributed by atoms with Crippen LogP contribution in [-0.2, 0) is 14.2 Å². The van der Waals surface area contributed by atoms with Gasteiger partial charge < -0.3 is 19.9 Å². The third-order valence-corrected chi connectivity index (χ3v) is 2.35. The zero-order chi connectivity index (χ0) is 7.84. The van der Waals surface area contributed by atoms with E-state index in [1.807, 2.05) is 0 Å². The maximum Gasteiger partial charge on any atom is 0.114 e. The fourth-order valence-electron chi connectivity index (χ4n) is 1.70. The number of hydrogen-bond acceptors (Lipinski definition) is 4. The summed E-state index contributed by atoms with van der Waals surface area (Å²) in [6, 6.07) is 0.0279. The Balaban J connectivity index is 2.04. The lowest BCUT2D eigenvalue weighted by atomic mass is 10.1. The van der Waals surface area contributed by atoms with Crippen LogP contribution in [0.1, 0.15) is 0 Å². The van der Waals surface area contributed by atoms with Gasteiger partial charge >= 0.3 is 0 Å². The molecule has 2 rings (SSSR count). The molecule has 2 N–H and O–H groups in total. The molecule has 2 fully saturated rings. The van der Waals surface area contributed by atoms with Gasteiger partial charge in [-0.2, -0.15) is 0 Å². The van der Waals surface area contributed by atoms with Crippen LogP contribution in [0.4, 0.5) is 0 Å². The van der Waals surface area contributed by atoms with Gasteiger partial charge in [0.15, 0.2) is 0 Å². The fraction of sp³-hybridized carbons (Fsp3) is 1.00. The molecule has 2 aliphatic heterocycles. The van der Waals surface area contributed by atoms with Gasteiger partial charge in [0.1, 0.15) is 18.3 Å². The van der Waals surface area contributed by atoms with Crippen molar-refractivity contribution < 1.29 is 14.2 Å².